The number of ether oxygens (including phenoxy) is 1. The van der Waals surface area contributed by atoms with Gasteiger partial charge in [0, 0.05) is 24.5 Å². The molecule has 1 saturated heterocycles. The highest BCUT2D eigenvalue weighted by Crippen LogP contribution is 2.25. The summed E-state index contributed by atoms with van der Waals surface area (Å²) in [6, 6.07) is 4.86. The Morgan fingerprint density at radius 2 is 2.10 bits per heavy atom. The van der Waals surface area contributed by atoms with E-state index in [1.807, 2.05) is 6.92 Å². The first kappa shape index (κ1) is 21.1. The third-order valence-electron chi connectivity index (χ3n) is 5.22. The van der Waals surface area contributed by atoms with Gasteiger partial charge in [0.15, 0.2) is 9.84 Å². The van der Waals surface area contributed by atoms with Gasteiger partial charge in [-0.15, -0.1) is 0 Å². The number of amides is 1. The van der Waals surface area contributed by atoms with Crippen molar-refractivity contribution in [1.29, 1.82) is 0 Å². The van der Waals surface area contributed by atoms with Gasteiger partial charge in [-0.1, -0.05) is 6.58 Å². The quantitative estimate of drug-likeness (QED) is 0.527. The fraction of sp³-hybridized carbons (Fsp3) is 0.429. The van der Waals surface area contributed by atoms with Crippen LogP contribution in [0.25, 0.3) is 11.0 Å². The van der Waals surface area contributed by atoms with Gasteiger partial charge < -0.3 is 14.1 Å². The highest BCUT2D eigenvalue weighted by atomic mass is 32.2. The van der Waals surface area contributed by atoms with Crippen molar-refractivity contribution in [3.63, 3.8) is 0 Å². The second-order valence-electron chi connectivity index (χ2n) is 7.64. The molecule has 156 valence electrons. The smallest absolute Gasteiger partial charge is 0.340 e. The van der Waals surface area contributed by atoms with Gasteiger partial charge in [0.05, 0.1) is 23.5 Å². The Labute approximate surface area is 169 Å². The van der Waals surface area contributed by atoms with Gasteiger partial charge in [-0.3, -0.25) is 4.79 Å². The van der Waals surface area contributed by atoms with Crippen LogP contribution < -0.4 is 10.4 Å². The molecule has 0 aliphatic carbocycles. The number of rotatable bonds is 6. The third kappa shape index (κ3) is 4.70. The standard InChI is InChI=1S/C21H25NO6S/c1-13(2)11-27-16-5-6-17-14(3)18(21(24)28-19(17)9-16)10-20(23)22(4)15-7-8-29(25,26)12-15/h5-6,9,15H,1,7-8,10-12H2,2-4H3/t15-/m1/s1. The lowest BCUT2D eigenvalue weighted by atomic mass is 10.0. The molecule has 1 aliphatic rings. The molecule has 0 N–H and O–H groups in total. The van der Waals surface area contributed by atoms with Gasteiger partial charge in [-0.25, -0.2) is 13.2 Å². The summed E-state index contributed by atoms with van der Waals surface area (Å²) in [4.78, 5) is 26.6. The molecule has 29 heavy (non-hydrogen) atoms. The summed E-state index contributed by atoms with van der Waals surface area (Å²) in [5.74, 6) is 0.313. The summed E-state index contributed by atoms with van der Waals surface area (Å²) in [7, 11) is -1.52. The van der Waals surface area contributed by atoms with Crippen LogP contribution in [-0.2, 0) is 21.1 Å². The van der Waals surface area contributed by atoms with Crippen LogP contribution in [0.2, 0.25) is 0 Å². The number of aryl methyl sites for hydroxylation is 1. The first-order valence-corrected chi connectivity index (χ1v) is 11.2. The summed E-state index contributed by atoms with van der Waals surface area (Å²) in [6.07, 6.45) is 0.286. The molecular formula is C21H25NO6S. The van der Waals surface area contributed by atoms with E-state index in [1.165, 1.54) is 4.90 Å². The van der Waals surface area contributed by atoms with E-state index < -0.39 is 15.5 Å². The zero-order valence-electron chi connectivity index (χ0n) is 16.9. The van der Waals surface area contributed by atoms with Crippen LogP contribution >= 0.6 is 0 Å². The number of carbonyl (C=O) groups is 1. The molecule has 1 amide bonds. The molecule has 7 nitrogen and oxygen atoms in total. The molecule has 2 heterocycles. The molecule has 0 unspecified atom stereocenters. The van der Waals surface area contributed by atoms with Gasteiger partial charge in [0.25, 0.3) is 0 Å². The highest BCUT2D eigenvalue weighted by molar-refractivity contribution is 7.91. The minimum atomic E-state index is -3.10. The maximum atomic E-state index is 12.7. The van der Waals surface area contributed by atoms with Gasteiger partial charge >= 0.3 is 5.63 Å². The largest absolute Gasteiger partial charge is 0.489 e. The normalized spacial score (nSPS) is 18.0. The molecule has 1 fully saturated rings. The van der Waals surface area contributed by atoms with E-state index >= 15 is 0 Å². The Kier molecular flexibility index (Phi) is 5.84. The average Bonchev–Trinajstić information content (AvgIpc) is 3.02. The van der Waals surface area contributed by atoms with Crippen molar-refractivity contribution in [1.82, 2.24) is 4.90 Å². The molecule has 0 saturated carbocycles. The van der Waals surface area contributed by atoms with Crippen molar-refractivity contribution in [3.8, 4) is 5.75 Å². The first-order chi connectivity index (χ1) is 13.6. The van der Waals surface area contributed by atoms with Crippen molar-refractivity contribution >= 4 is 26.7 Å². The number of likely N-dealkylation sites (N-methyl/N-ethyl adjacent to an activating group) is 1. The Bertz CT molecular complexity index is 1130. The van der Waals surface area contributed by atoms with Gasteiger partial charge in [-0.05, 0) is 43.5 Å². The number of sulfone groups is 1. The second kappa shape index (κ2) is 8.02. The Morgan fingerprint density at radius 1 is 1.38 bits per heavy atom. The summed E-state index contributed by atoms with van der Waals surface area (Å²) in [5.41, 5.74) is 1.64. The predicted molar refractivity (Wildman–Crippen MR) is 111 cm³/mol. The highest BCUT2D eigenvalue weighted by Gasteiger charge is 2.33. The Hall–Kier alpha value is -2.61. The molecule has 2 aromatic rings. The topological polar surface area (TPSA) is 93.9 Å². The van der Waals surface area contributed by atoms with Crippen molar-refractivity contribution < 1.29 is 22.4 Å². The van der Waals surface area contributed by atoms with Gasteiger partial charge in [0.1, 0.15) is 17.9 Å². The van der Waals surface area contributed by atoms with Crippen LogP contribution in [-0.4, -0.2) is 50.4 Å². The van der Waals surface area contributed by atoms with Crippen LogP contribution in [0.3, 0.4) is 0 Å². The third-order valence-corrected chi connectivity index (χ3v) is 6.97. The fourth-order valence-corrected chi connectivity index (χ4v) is 5.21. The molecule has 0 spiro atoms. The molecular weight excluding hydrogens is 394 g/mol. The molecule has 1 aromatic carbocycles. The number of benzene rings is 1. The van der Waals surface area contributed by atoms with Crippen molar-refractivity contribution in [2.24, 2.45) is 0 Å². The van der Waals surface area contributed by atoms with Gasteiger partial charge in [-0.2, -0.15) is 0 Å². The zero-order valence-corrected chi connectivity index (χ0v) is 17.7. The van der Waals surface area contributed by atoms with Crippen LogP contribution in [0.15, 0.2) is 39.6 Å². The molecule has 3 rings (SSSR count). The summed E-state index contributed by atoms with van der Waals surface area (Å²) in [5, 5.41) is 0.723. The fourth-order valence-electron chi connectivity index (χ4n) is 3.44. The van der Waals surface area contributed by atoms with Crippen LogP contribution in [0.4, 0.5) is 0 Å². The number of fused-ring (bicyclic) bond motifs is 1. The monoisotopic (exact) mass is 419 g/mol. The maximum Gasteiger partial charge on any atom is 0.340 e. The van der Waals surface area contributed by atoms with Crippen LogP contribution in [0.5, 0.6) is 5.75 Å². The van der Waals surface area contributed by atoms with Crippen molar-refractivity contribution in [3.05, 3.63) is 51.9 Å². The lowest BCUT2D eigenvalue weighted by Crippen LogP contribution is -2.39. The SMILES string of the molecule is C=C(C)COc1ccc2c(C)c(CC(=O)N(C)[C@@H]3CCS(=O)(=O)C3)c(=O)oc2c1. The summed E-state index contributed by atoms with van der Waals surface area (Å²) < 4.78 is 34.4. The van der Waals surface area contributed by atoms with Gasteiger partial charge in [0.2, 0.25) is 5.91 Å². The van der Waals surface area contributed by atoms with E-state index in [2.05, 4.69) is 6.58 Å². The Balaban J connectivity index is 1.84. The Morgan fingerprint density at radius 3 is 2.72 bits per heavy atom. The minimum absolute atomic E-state index is 0.0342. The van der Waals surface area contributed by atoms with E-state index in [4.69, 9.17) is 9.15 Å². The van der Waals surface area contributed by atoms with E-state index in [-0.39, 0.29) is 35.4 Å². The number of hydrogen-bond acceptors (Lipinski definition) is 6. The summed E-state index contributed by atoms with van der Waals surface area (Å²) >= 11 is 0. The molecule has 1 atom stereocenters. The van der Waals surface area contributed by atoms with Crippen molar-refractivity contribution in [2.45, 2.75) is 32.7 Å². The molecule has 1 aliphatic heterocycles. The van der Waals surface area contributed by atoms with E-state index in [9.17, 15) is 18.0 Å². The maximum absolute atomic E-state index is 12.7. The van der Waals surface area contributed by atoms with E-state index in [0.717, 1.165) is 11.0 Å². The lowest BCUT2D eigenvalue weighted by Gasteiger charge is -2.23. The predicted octanol–water partition coefficient (Wildman–Crippen LogP) is 2.24. The minimum Gasteiger partial charge on any atom is -0.489 e. The van der Waals surface area contributed by atoms with E-state index in [0.29, 0.717) is 29.9 Å². The molecule has 0 bridgehead atoms. The lowest BCUT2D eigenvalue weighted by molar-refractivity contribution is -0.130. The van der Waals surface area contributed by atoms with Crippen molar-refractivity contribution in [2.75, 3.05) is 25.2 Å². The second-order valence-corrected chi connectivity index (χ2v) is 9.86. The van der Waals surface area contributed by atoms with E-state index in [1.54, 1.807) is 32.2 Å². The number of nitrogens with zero attached hydrogens (tertiary/aromatic N) is 1. The number of hydrogen-bond donors (Lipinski definition) is 0. The molecule has 8 heteroatoms. The van der Waals surface area contributed by atoms with Crippen LogP contribution in [0, 0.1) is 6.92 Å². The van der Waals surface area contributed by atoms with Crippen LogP contribution in [0.1, 0.15) is 24.5 Å². The zero-order chi connectivity index (χ0) is 21.3. The average molecular weight is 419 g/mol. The molecule has 0 radical (unpaired) electrons. The first-order valence-electron chi connectivity index (χ1n) is 9.37. The number of carbonyl (C=O) groups excluding carboxylic acids is 1. The molecule has 1 aromatic heterocycles. The summed E-state index contributed by atoms with van der Waals surface area (Å²) in [6.45, 7) is 7.78.